The lowest BCUT2D eigenvalue weighted by molar-refractivity contribution is 0.581. The minimum absolute atomic E-state index is 0.648. The van der Waals surface area contributed by atoms with Gasteiger partial charge < -0.3 is 16.0 Å². The van der Waals surface area contributed by atoms with E-state index in [4.69, 9.17) is 10.7 Å². The number of thiophene rings is 1. The minimum Gasteiger partial charge on any atom is -0.383 e. The van der Waals surface area contributed by atoms with Crippen LogP contribution in [0.5, 0.6) is 0 Å². The number of piperazine rings is 1. The van der Waals surface area contributed by atoms with Gasteiger partial charge in [0.2, 0.25) is 5.95 Å². The molecule has 0 unspecified atom stereocenters. The van der Waals surface area contributed by atoms with Crippen LogP contribution in [0.3, 0.4) is 0 Å². The van der Waals surface area contributed by atoms with E-state index in [-0.39, 0.29) is 0 Å². The fourth-order valence-electron chi connectivity index (χ4n) is 3.04. The Balaban J connectivity index is 2.01. The number of aryl methyl sites for hydroxylation is 2. The van der Waals surface area contributed by atoms with E-state index in [2.05, 4.69) is 29.0 Å². The molecule has 6 heteroatoms. The van der Waals surface area contributed by atoms with Crippen LogP contribution in [-0.4, -0.2) is 36.1 Å². The standard InChI is InChI=1S/C16H25N5S/c1-3-5-6-12-11(4-2)13-14(17)19-16(20-15(13)22-12)21-9-7-18-8-10-21/h18H,3-10H2,1-2H3,(H2,17,19,20). The van der Waals surface area contributed by atoms with Gasteiger partial charge in [-0.3, -0.25) is 0 Å². The Labute approximate surface area is 135 Å². The lowest BCUT2D eigenvalue weighted by Gasteiger charge is -2.27. The van der Waals surface area contributed by atoms with Crippen LogP contribution in [0.4, 0.5) is 11.8 Å². The molecule has 2 aromatic heterocycles. The molecule has 1 aliphatic heterocycles. The number of nitrogens with two attached hydrogens (primary N) is 1. The molecule has 3 rings (SSSR count). The van der Waals surface area contributed by atoms with Gasteiger partial charge in [-0.2, -0.15) is 4.98 Å². The highest BCUT2D eigenvalue weighted by Crippen LogP contribution is 2.35. The monoisotopic (exact) mass is 319 g/mol. The predicted molar refractivity (Wildman–Crippen MR) is 94.9 cm³/mol. The predicted octanol–water partition coefficient (Wildman–Crippen LogP) is 2.59. The first-order chi connectivity index (χ1) is 10.7. The first-order valence-corrected chi connectivity index (χ1v) is 9.09. The van der Waals surface area contributed by atoms with Gasteiger partial charge in [0.25, 0.3) is 0 Å². The Hall–Kier alpha value is -1.40. The fraction of sp³-hybridized carbons (Fsp3) is 0.625. The van der Waals surface area contributed by atoms with Gasteiger partial charge in [-0.1, -0.05) is 20.3 Å². The van der Waals surface area contributed by atoms with E-state index >= 15 is 0 Å². The van der Waals surface area contributed by atoms with Gasteiger partial charge in [-0.05, 0) is 24.8 Å². The molecule has 120 valence electrons. The van der Waals surface area contributed by atoms with Crippen LogP contribution in [0, 0.1) is 0 Å². The van der Waals surface area contributed by atoms with Crippen molar-refractivity contribution >= 4 is 33.3 Å². The van der Waals surface area contributed by atoms with Gasteiger partial charge in [0, 0.05) is 31.1 Å². The highest BCUT2D eigenvalue weighted by Gasteiger charge is 2.19. The van der Waals surface area contributed by atoms with E-state index in [0.29, 0.717) is 5.82 Å². The summed E-state index contributed by atoms with van der Waals surface area (Å²) >= 11 is 1.81. The average Bonchev–Trinajstić information content (AvgIpc) is 2.91. The van der Waals surface area contributed by atoms with Crippen molar-refractivity contribution in [1.82, 2.24) is 15.3 Å². The lowest BCUT2D eigenvalue weighted by Crippen LogP contribution is -2.44. The van der Waals surface area contributed by atoms with Gasteiger partial charge in [0.1, 0.15) is 10.6 Å². The fourth-order valence-corrected chi connectivity index (χ4v) is 4.35. The maximum Gasteiger partial charge on any atom is 0.228 e. The van der Waals surface area contributed by atoms with Gasteiger partial charge in [-0.15, -0.1) is 11.3 Å². The van der Waals surface area contributed by atoms with Crippen LogP contribution >= 0.6 is 11.3 Å². The van der Waals surface area contributed by atoms with Crippen molar-refractivity contribution in [3.05, 3.63) is 10.4 Å². The smallest absolute Gasteiger partial charge is 0.228 e. The first-order valence-electron chi connectivity index (χ1n) is 8.28. The number of nitrogen functional groups attached to an aromatic ring is 1. The Bertz CT molecular complexity index is 646. The van der Waals surface area contributed by atoms with Crippen LogP contribution in [0.2, 0.25) is 0 Å². The second kappa shape index (κ2) is 6.79. The number of anilines is 2. The van der Waals surface area contributed by atoms with Crippen molar-refractivity contribution < 1.29 is 0 Å². The van der Waals surface area contributed by atoms with Crippen molar-refractivity contribution in [2.45, 2.75) is 39.5 Å². The molecule has 0 aliphatic carbocycles. The molecule has 1 fully saturated rings. The third-order valence-corrected chi connectivity index (χ3v) is 5.45. The molecular formula is C16H25N5S. The Morgan fingerprint density at radius 2 is 2.00 bits per heavy atom. The van der Waals surface area contributed by atoms with Gasteiger partial charge in [0.15, 0.2) is 0 Å². The number of nitrogens with zero attached hydrogens (tertiary/aromatic N) is 3. The van der Waals surface area contributed by atoms with Crippen molar-refractivity contribution in [3.63, 3.8) is 0 Å². The Kier molecular flexibility index (Phi) is 4.78. The van der Waals surface area contributed by atoms with Crippen LogP contribution < -0.4 is 16.0 Å². The summed E-state index contributed by atoms with van der Waals surface area (Å²) in [4.78, 5) is 14.1. The number of hydrogen-bond donors (Lipinski definition) is 2. The molecular weight excluding hydrogens is 294 g/mol. The van der Waals surface area contributed by atoms with Crippen molar-refractivity contribution in [3.8, 4) is 0 Å². The summed E-state index contributed by atoms with van der Waals surface area (Å²) in [7, 11) is 0. The summed E-state index contributed by atoms with van der Waals surface area (Å²) in [6, 6.07) is 0. The average molecular weight is 319 g/mol. The van der Waals surface area contributed by atoms with E-state index in [0.717, 1.165) is 55.2 Å². The third-order valence-electron chi connectivity index (χ3n) is 4.26. The number of unbranched alkanes of at least 4 members (excludes halogenated alkanes) is 1. The zero-order valence-corrected chi connectivity index (χ0v) is 14.3. The van der Waals surface area contributed by atoms with Crippen molar-refractivity contribution in [2.24, 2.45) is 0 Å². The van der Waals surface area contributed by atoms with E-state index in [1.54, 1.807) is 0 Å². The summed E-state index contributed by atoms with van der Waals surface area (Å²) in [5, 5.41) is 4.45. The summed E-state index contributed by atoms with van der Waals surface area (Å²) in [6.07, 6.45) is 4.56. The molecule has 0 spiro atoms. The molecule has 22 heavy (non-hydrogen) atoms. The third kappa shape index (κ3) is 2.90. The maximum absolute atomic E-state index is 6.30. The number of fused-ring (bicyclic) bond motifs is 1. The quantitative estimate of drug-likeness (QED) is 0.886. The van der Waals surface area contributed by atoms with E-state index in [1.807, 2.05) is 11.3 Å². The molecule has 0 radical (unpaired) electrons. The van der Waals surface area contributed by atoms with E-state index in [9.17, 15) is 0 Å². The molecule has 1 aliphatic rings. The molecule has 5 nitrogen and oxygen atoms in total. The van der Waals surface area contributed by atoms with Crippen LogP contribution in [-0.2, 0) is 12.8 Å². The van der Waals surface area contributed by atoms with Crippen LogP contribution in [0.15, 0.2) is 0 Å². The second-order valence-electron chi connectivity index (χ2n) is 5.79. The summed E-state index contributed by atoms with van der Waals surface area (Å²) in [5.41, 5.74) is 7.65. The number of aromatic nitrogens is 2. The molecule has 0 aromatic carbocycles. The second-order valence-corrected chi connectivity index (χ2v) is 6.87. The van der Waals surface area contributed by atoms with Gasteiger partial charge >= 0.3 is 0 Å². The van der Waals surface area contributed by atoms with Gasteiger partial charge in [0.05, 0.1) is 5.39 Å². The normalized spacial score (nSPS) is 15.6. The molecule has 2 aromatic rings. The van der Waals surface area contributed by atoms with E-state index < -0.39 is 0 Å². The molecule has 3 N–H and O–H groups in total. The highest BCUT2D eigenvalue weighted by atomic mass is 32.1. The summed E-state index contributed by atoms with van der Waals surface area (Å²) < 4.78 is 0. The Morgan fingerprint density at radius 1 is 1.23 bits per heavy atom. The molecule has 0 bridgehead atoms. The van der Waals surface area contributed by atoms with Crippen LogP contribution in [0.1, 0.15) is 37.1 Å². The number of rotatable bonds is 5. The van der Waals surface area contributed by atoms with Crippen molar-refractivity contribution in [2.75, 3.05) is 36.8 Å². The molecule has 0 saturated carbocycles. The lowest BCUT2D eigenvalue weighted by atomic mass is 10.1. The minimum atomic E-state index is 0.648. The SMILES string of the molecule is CCCCc1sc2nc(N3CCNCC3)nc(N)c2c1CC. The van der Waals surface area contributed by atoms with Crippen molar-refractivity contribution in [1.29, 1.82) is 0 Å². The zero-order valence-electron chi connectivity index (χ0n) is 13.5. The summed E-state index contributed by atoms with van der Waals surface area (Å²) in [5.74, 6) is 1.44. The highest BCUT2D eigenvalue weighted by molar-refractivity contribution is 7.19. The molecule has 0 atom stereocenters. The zero-order chi connectivity index (χ0) is 15.5. The van der Waals surface area contributed by atoms with Gasteiger partial charge in [-0.25, -0.2) is 4.98 Å². The molecule has 1 saturated heterocycles. The van der Waals surface area contributed by atoms with E-state index in [1.165, 1.54) is 23.3 Å². The maximum atomic E-state index is 6.30. The Morgan fingerprint density at radius 3 is 2.68 bits per heavy atom. The number of nitrogens with one attached hydrogen (secondary N) is 1. The summed E-state index contributed by atoms with van der Waals surface area (Å²) in [6.45, 7) is 8.27. The molecule has 0 amide bonds. The first kappa shape index (κ1) is 15.5. The molecule has 3 heterocycles. The largest absolute Gasteiger partial charge is 0.383 e. The number of hydrogen-bond acceptors (Lipinski definition) is 6. The topological polar surface area (TPSA) is 67.1 Å². The van der Waals surface area contributed by atoms with Crippen LogP contribution in [0.25, 0.3) is 10.2 Å².